The maximum Gasteiger partial charge on any atom is 0.169 e. The molecule has 0 radical (unpaired) electrons. The summed E-state index contributed by atoms with van der Waals surface area (Å²) in [5, 5.41) is 6.17. The number of aryl methyl sites for hydroxylation is 1. The second kappa shape index (κ2) is 5.99. The molecular weight excluding hydrogens is 350 g/mol. The number of rotatable bonds is 4. The Hall–Kier alpha value is -1.66. The van der Waals surface area contributed by atoms with Crippen LogP contribution in [0.4, 0.5) is 5.82 Å². The molecule has 0 unspecified atom stereocenters. The number of thiophene rings is 1. The topological polar surface area (TPSA) is 47.0 Å². The van der Waals surface area contributed by atoms with Gasteiger partial charge in [0.2, 0.25) is 0 Å². The first-order valence-electron chi connectivity index (χ1n) is 6.48. The average molecular weight is 364 g/mol. The van der Waals surface area contributed by atoms with Gasteiger partial charge < -0.3 is 10.1 Å². The summed E-state index contributed by atoms with van der Waals surface area (Å²) in [6, 6.07) is 7.99. The Kier molecular flexibility index (Phi) is 4.07. The molecule has 0 saturated carbocycles. The highest BCUT2D eigenvalue weighted by Crippen LogP contribution is 2.26. The van der Waals surface area contributed by atoms with E-state index in [-0.39, 0.29) is 0 Å². The molecule has 2 heterocycles. The van der Waals surface area contributed by atoms with Crippen molar-refractivity contribution in [3.05, 3.63) is 45.5 Å². The molecule has 0 fully saturated rings. The van der Waals surface area contributed by atoms with E-state index >= 15 is 0 Å². The van der Waals surface area contributed by atoms with Crippen LogP contribution in [0.25, 0.3) is 10.2 Å². The van der Waals surface area contributed by atoms with Gasteiger partial charge in [0.05, 0.1) is 5.39 Å². The smallest absolute Gasteiger partial charge is 0.169 e. The van der Waals surface area contributed by atoms with Crippen LogP contribution >= 0.6 is 27.3 Å². The number of nitrogens with zero attached hydrogens (tertiary/aromatic N) is 2. The van der Waals surface area contributed by atoms with E-state index in [9.17, 15) is 0 Å². The third-order valence-corrected chi connectivity index (χ3v) is 4.42. The van der Waals surface area contributed by atoms with E-state index in [1.54, 1.807) is 11.3 Å². The molecule has 0 saturated heterocycles. The van der Waals surface area contributed by atoms with Crippen LogP contribution in [-0.2, 0) is 6.61 Å². The van der Waals surface area contributed by atoms with E-state index in [0.717, 1.165) is 31.8 Å². The molecule has 2 aromatic heterocycles. The van der Waals surface area contributed by atoms with Crippen LogP contribution < -0.4 is 10.1 Å². The fourth-order valence-corrected chi connectivity index (χ4v) is 3.15. The molecule has 108 valence electrons. The molecule has 21 heavy (non-hydrogen) atoms. The molecule has 0 aliphatic heterocycles. The molecule has 0 atom stereocenters. The Balaban J connectivity index is 1.86. The predicted octanol–water partition coefficient (Wildman–Crippen LogP) is 4.38. The summed E-state index contributed by atoms with van der Waals surface area (Å²) < 4.78 is 6.84. The predicted molar refractivity (Wildman–Crippen MR) is 90.2 cm³/mol. The standard InChI is InChI=1S/C15H14BrN3OS/c1-9-3-4-10(16)7-12(9)20-8-13-18-14(17-2)11-5-6-21-15(11)19-13/h3-7H,8H2,1-2H3,(H,17,18,19). The minimum Gasteiger partial charge on any atom is -0.485 e. The monoisotopic (exact) mass is 363 g/mol. The Labute approximate surface area is 135 Å². The number of nitrogens with one attached hydrogen (secondary N) is 1. The van der Waals surface area contributed by atoms with E-state index in [1.165, 1.54) is 0 Å². The van der Waals surface area contributed by atoms with Crippen LogP contribution in [0.1, 0.15) is 11.4 Å². The SMILES string of the molecule is CNc1nc(COc2cc(Br)ccc2C)nc2sccc12. The van der Waals surface area contributed by atoms with Crippen LogP contribution in [0, 0.1) is 6.92 Å². The van der Waals surface area contributed by atoms with Gasteiger partial charge in [-0.15, -0.1) is 11.3 Å². The quantitative estimate of drug-likeness (QED) is 0.746. The summed E-state index contributed by atoms with van der Waals surface area (Å²) in [7, 11) is 1.86. The Bertz CT molecular complexity index is 788. The molecule has 0 spiro atoms. The summed E-state index contributed by atoms with van der Waals surface area (Å²) in [5.41, 5.74) is 1.09. The van der Waals surface area contributed by atoms with Gasteiger partial charge in [0.15, 0.2) is 5.82 Å². The zero-order valence-electron chi connectivity index (χ0n) is 11.7. The minimum absolute atomic E-state index is 0.347. The van der Waals surface area contributed by atoms with E-state index < -0.39 is 0 Å². The maximum absolute atomic E-state index is 5.85. The molecule has 3 rings (SSSR count). The molecule has 1 aromatic carbocycles. The molecule has 0 aliphatic rings. The first-order valence-corrected chi connectivity index (χ1v) is 8.15. The highest BCUT2D eigenvalue weighted by Gasteiger charge is 2.09. The Morgan fingerprint density at radius 3 is 2.95 bits per heavy atom. The maximum atomic E-state index is 5.85. The van der Waals surface area contributed by atoms with Gasteiger partial charge in [0.25, 0.3) is 0 Å². The van der Waals surface area contributed by atoms with Crippen molar-refractivity contribution >= 4 is 43.3 Å². The molecule has 4 nitrogen and oxygen atoms in total. The molecule has 0 bridgehead atoms. The fourth-order valence-electron chi connectivity index (χ4n) is 2.03. The van der Waals surface area contributed by atoms with Crippen LogP contribution in [0.15, 0.2) is 34.1 Å². The lowest BCUT2D eigenvalue weighted by Gasteiger charge is -2.10. The summed E-state index contributed by atoms with van der Waals surface area (Å²) in [5.74, 6) is 2.35. The highest BCUT2D eigenvalue weighted by molar-refractivity contribution is 9.10. The van der Waals surface area contributed by atoms with Crippen LogP contribution in [0.3, 0.4) is 0 Å². The number of halogens is 1. The second-order valence-corrected chi connectivity index (χ2v) is 6.39. The van der Waals surface area contributed by atoms with Gasteiger partial charge in [-0.3, -0.25) is 0 Å². The number of hydrogen-bond donors (Lipinski definition) is 1. The first kappa shape index (κ1) is 14.3. The average Bonchev–Trinajstić information content (AvgIpc) is 2.95. The van der Waals surface area contributed by atoms with E-state index in [0.29, 0.717) is 12.4 Å². The molecule has 0 aliphatic carbocycles. The van der Waals surface area contributed by atoms with Crippen molar-refractivity contribution in [2.45, 2.75) is 13.5 Å². The highest BCUT2D eigenvalue weighted by atomic mass is 79.9. The second-order valence-electron chi connectivity index (χ2n) is 4.58. The number of aromatic nitrogens is 2. The minimum atomic E-state index is 0.347. The number of hydrogen-bond acceptors (Lipinski definition) is 5. The van der Waals surface area contributed by atoms with Gasteiger partial charge in [-0.1, -0.05) is 22.0 Å². The van der Waals surface area contributed by atoms with Crippen molar-refractivity contribution in [1.82, 2.24) is 9.97 Å². The van der Waals surface area contributed by atoms with Crippen LogP contribution in [-0.4, -0.2) is 17.0 Å². The van der Waals surface area contributed by atoms with Crippen molar-refractivity contribution in [2.24, 2.45) is 0 Å². The van der Waals surface area contributed by atoms with Gasteiger partial charge in [0.1, 0.15) is 23.0 Å². The zero-order valence-corrected chi connectivity index (χ0v) is 14.1. The van der Waals surface area contributed by atoms with Crippen LogP contribution in [0.5, 0.6) is 5.75 Å². The molecule has 3 aromatic rings. The lowest BCUT2D eigenvalue weighted by molar-refractivity contribution is 0.294. The fraction of sp³-hybridized carbons (Fsp3) is 0.200. The lowest BCUT2D eigenvalue weighted by Crippen LogP contribution is -2.05. The zero-order chi connectivity index (χ0) is 14.8. The summed E-state index contributed by atoms with van der Waals surface area (Å²) in [6.07, 6.45) is 0. The summed E-state index contributed by atoms with van der Waals surface area (Å²) >= 11 is 5.06. The molecular formula is C15H14BrN3OS. The summed E-state index contributed by atoms with van der Waals surface area (Å²) in [4.78, 5) is 10.0. The van der Waals surface area contributed by atoms with Crippen LogP contribution in [0.2, 0.25) is 0 Å². The molecule has 1 N–H and O–H groups in total. The molecule has 6 heteroatoms. The van der Waals surface area contributed by atoms with Crippen molar-refractivity contribution in [3.63, 3.8) is 0 Å². The van der Waals surface area contributed by atoms with Crippen molar-refractivity contribution in [3.8, 4) is 5.75 Å². The van der Waals surface area contributed by atoms with Crippen molar-refractivity contribution in [2.75, 3.05) is 12.4 Å². The van der Waals surface area contributed by atoms with E-state index in [1.807, 2.05) is 43.6 Å². The van der Waals surface area contributed by atoms with E-state index in [4.69, 9.17) is 4.74 Å². The van der Waals surface area contributed by atoms with Gasteiger partial charge in [-0.2, -0.15) is 0 Å². The number of ether oxygens (including phenoxy) is 1. The lowest BCUT2D eigenvalue weighted by atomic mass is 10.2. The van der Waals surface area contributed by atoms with Gasteiger partial charge in [0, 0.05) is 11.5 Å². The number of benzene rings is 1. The Morgan fingerprint density at radius 1 is 1.29 bits per heavy atom. The van der Waals surface area contributed by atoms with E-state index in [2.05, 4.69) is 31.2 Å². The van der Waals surface area contributed by atoms with Crippen molar-refractivity contribution in [1.29, 1.82) is 0 Å². The number of anilines is 1. The van der Waals surface area contributed by atoms with Gasteiger partial charge >= 0.3 is 0 Å². The van der Waals surface area contributed by atoms with Gasteiger partial charge in [-0.25, -0.2) is 9.97 Å². The normalized spacial score (nSPS) is 10.8. The first-order chi connectivity index (χ1) is 10.2. The molecule has 0 amide bonds. The largest absolute Gasteiger partial charge is 0.485 e. The van der Waals surface area contributed by atoms with Gasteiger partial charge in [-0.05, 0) is 36.1 Å². The Morgan fingerprint density at radius 2 is 2.14 bits per heavy atom. The third kappa shape index (κ3) is 3.01. The number of fused-ring (bicyclic) bond motifs is 1. The van der Waals surface area contributed by atoms with Crippen molar-refractivity contribution < 1.29 is 4.74 Å². The third-order valence-electron chi connectivity index (χ3n) is 3.12. The summed E-state index contributed by atoms with van der Waals surface area (Å²) in [6.45, 7) is 2.37.